The SMILES string of the molecule is COC(=O)c1cccn2c(COc3cccc(Cl)c3)cnc12. The summed E-state index contributed by atoms with van der Waals surface area (Å²) in [6.07, 6.45) is 3.50. The predicted molar refractivity (Wildman–Crippen MR) is 82.3 cm³/mol. The number of carbonyl (C=O) groups is 1. The molecule has 0 amide bonds. The summed E-state index contributed by atoms with van der Waals surface area (Å²) >= 11 is 5.92. The molecule has 3 aromatic rings. The molecule has 0 spiro atoms. The van der Waals surface area contributed by atoms with Crippen molar-refractivity contribution in [2.75, 3.05) is 7.11 Å². The van der Waals surface area contributed by atoms with Crippen LogP contribution in [0.4, 0.5) is 0 Å². The van der Waals surface area contributed by atoms with Crippen molar-refractivity contribution in [2.45, 2.75) is 6.61 Å². The Morgan fingerprint density at radius 1 is 1.32 bits per heavy atom. The number of halogens is 1. The van der Waals surface area contributed by atoms with Crippen LogP contribution in [0.2, 0.25) is 5.02 Å². The Bertz CT molecular complexity index is 829. The number of methoxy groups -OCH3 is 1. The highest BCUT2D eigenvalue weighted by atomic mass is 35.5. The van der Waals surface area contributed by atoms with Gasteiger partial charge in [-0.3, -0.25) is 4.40 Å². The molecule has 3 rings (SSSR count). The fourth-order valence-electron chi connectivity index (χ4n) is 2.15. The van der Waals surface area contributed by atoms with Gasteiger partial charge in [-0.1, -0.05) is 17.7 Å². The molecular formula is C16H13ClN2O3. The fraction of sp³-hybridized carbons (Fsp3) is 0.125. The Kier molecular flexibility index (Phi) is 3.98. The number of ether oxygens (including phenoxy) is 2. The van der Waals surface area contributed by atoms with Gasteiger partial charge in [0.15, 0.2) is 5.65 Å². The largest absolute Gasteiger partial charge is 0.487 e. The molecule has 0 atom stereocenters. The van der Waals surface area contributed by atoms with Gasteiger partial charge < -0.3 is 9.47 Å². The van der Waals surface area contributed by atoms with E-state index < -0.39 is 5.97 Å². The summed E-state index contributed by atoms with van der Waals surface area (Å²) in [5.74, 6) is 0.255. The van der Waals surface area contributed by atoms with E-state index >= 15 is 0 Å². The molecule has 0 aliphatic rings. The second kappa shape index (κ2) is 6.07. The summed E-state index contributed by atoms with van der Waals surface area (Å²) in [4.78, 5) is 16.0. The zero-order chi connectivity index (χ0) is 15.5. The van der Waals surface area contributed by atoms with Crippen molar-refractivity contribution >= 4 is 23.2 Å². The molecule has 0 bridgehead atoms. The van der Waals surface area contributed by atoms with E-state index in [1.54, 1.807) is 34.9 Å². The Morgan fingerprint density at radius 2 is 2.18 bits per heavy atom. The maximum absolute atomic E-state index is 11.7. The van der Waals surface area contributed by atoms with E-state index in [2.05, 4.69) is 4.98 Å². The number of rotatable bonds is 4. The third kappa shape index (κ3) is 2.76. The van der Waals surface area contributed by atoms with E-state index in [1.165, 1.54) is 7.11 Å². The quantitative estimate of drug-likeness (QED) is 0.693. The molecule has 5 nitrogen and oxygen atoms in total. The zero-order valence-corrected chi connectivity index (χ0v) is 12.6. The predicted octanol–water partition coefficient (Wildman–Crippen LogP) is 3.35. The second-order valence-electron chi connectivity index (χ2n) is 4.60. The Labute approximate surface area is 132 Å². The summed E-state index contributed by atoms with van der Waals surface area (Å²) in [7, 11) is 1.35. The minimum atomic E-state index is -0.418. The molecule has 112 valence electrons. The molecule has 2 heterocycles. The maximum atomic E-state index is 11.7. The van der Waals surface area contributed by atoms with Crippen molar-refractivity contribution in [3.05, 3.63) is 65.1 Å². The lowest BCUT2D eigenvalue weighted by Crippen LogP contribution is -2.05. The second-order valence-corrected chi connectivity index (χ2v) is 5.04. The lowest BCUT2D eigenvalue weighted by atomic mass is 10.3. The number of imidazole rings is 1. The van der Waals surface area contributed by atoms with Crippen LogP contribution in [0.15, 0.2) is 48.8 Å². The van der Waals surface area contributed by atoms with Gasteiger partial charge in [0, 0.05) is 11.2 Å². The molecule has 22 heavy (non-hydrogen) atoms. The maximum Gasteiger partial charge on any atom is 0.341 e. The molecule has 0 aliphatic carbocycles. The van der Waals surface area contributed by atoms with Gasteiger partial charge in [-0.25, -0.2) is 9.78 Å². The molecule has 0 fully saturated rings. The molecule has 2 aromatic heterocycles. The summed E-state index contributed by atoms with van der Waals surface area (Å²) in [6.45, 7) is 0.312. The van der Waals surface area contributed by atoms with Gasteiger partial charge in [0.2, 0.25) is 0 Å². The van der Waals surface area contributed by atoms with Gasteiger partial charge in [0.05, 0.1) is 19.0 Å². The first-order valence-corrected chi connectivity index (χ1v) is 6.98. The zero-order valence-electron chi connectivity index (χ0n) is 11.8. The first-order chi connectivity index (χ1) is 10.7. The number of pyridine rings is 1. The molecule has 6 heteroatoms. The van der Waals surface area contributed by atoms with Crippen molar-refractivity contribution in [3.8, 4) is 5.75 Å². The van der Waals surface area contributed by atoms with E-state index in [1.807, 2.05) is 18.3 Å². The first kappa shape index (κ1) is 14.4. The Hall–Kier alpha value is -2.53. The van der Waals surface area contributed by atoms with Crippen molar-refractivity contribution in [1.29, 1.82) is 0 Å². The third-order valence-corrected chi connectivity index (χ3v) is 3.44. The summed E-state index contributed by atoms with van der Waals surface area (Å²) in [5, 5.41) is 0.614. The van der Waals surface area contributed by atoms with E-state index in [-0.39, 0.29) is 0 Å². The normalized spacial score (nSPS) is 10.6. The van der Waals surface area contributed by atoms with E-state index in [0.29, 0.717) is 28.6 Å². The van der Waals surface area contributed by atoms with Crippen LogP contribution >= 0.6 is 11.6 Å². The van der Waals surface area contributed by atoms with E-state index in [0.717, 1.165) is 5.69 Å². The number of esters is 1. The average molecular weight is 317 g/mol. The average Bonchev–Trinajstić information content (AvgIpc) is 2.95. The molecule has 0 radical (unpaired) electrons. The van der Waals surface area contributed by atoms with Crippen LogP contribution in [0.3, 0.4) is 0 Å². The highest BCUT2D eigenvalue weighted by molar-refractivity contribution is 6.30. The van der Waals surface area contributed by atoms with Gasteiger partial charge in [-0.05, 0) is 30.3 Å². The molecule has 0 N–H and O–H groups in total. The summed E-state index contributed by atoms with van der Waals surface area (Å²) < 4.78 is 12.3. The highest BCUT2D eigenvalue weighted by Crippen LogP contribution is 2.19. The Balaban J connectivity index is 1.87. The molecule has 0 unspecified atom stereocenters. The van der Waals surface area contributed by atoms with E-state index in [4.69, 9.17) is 21.1 Å². The molecule has 0 saturated carbocycles. The number of hydrogen-bond acceptors (Lipinski definition) is 4. The van der Waals surface area contributed by atoms with Gasteiger partial charge >= 0.3 is 5.97 Å². The van der Waals surface area contributed by atoms with Crippen LogP contribution in [-0.4, -0.2) is 22.5 Å². The van der Waals surface area contributed by atoms with Gasteiger partial charge in [-0.15, -0.1) is 0 Å². The number of hydrogen-bond donors (Lipinski definition) is 0. The van der Waals surface area contributed by atoms with Crippen LogP contribution in [0, 0.1) is 0 Å². The van der Waals surface area contributed by atoms with Gasteiger partial charge in [-0.2, -0.15) is 0 Å². The Morgan fingerprint density at radius 3 is 2.95 bits per heavy atom. The molecule has 1 aromatic carbocycles. The van der Waals surface area contributed by atoms with Gasteiger partial charge in [0.25, 0.3) is 0 Å². The number of carbonyl (C=O) groups excluding carboxylic acids is 1. The fourth-order valence-corrected chi connectivity index (χ4v) is 2.33. The van der Waals surface area contributed by atoms with Crippen LogP contribution in [0.5, 0.6) is 5.75 Å². The smallest absolute Gasteiger partial charge is 0.341 e. The molecular weight excluding hydrogens is 304 g/mol. The lowest BCUT2D eigenvalue weighted by molar-refractivity contribution is 0.0602. The minimum absolute atomic E-state index is 0.312. The van der Waals surface area contributed by atoms with Gasteiger partial charge in [0.1, 0.15) is 17.9 Å². The van der Waals surface area contributed by atoms with Crippen molar-refractivity contribution < 1.29 is 14.3 Å². The standard InChI is InChI=1S/C16H13ClN2O3/c1-21-16(20)14-6-3-7-19-12(9-18-15(14)19)10-22-13-5-2-4-11(17)8-13/h2-9H,10H2,1H3. The minimum Gasteiger partial charge on any atom is -0.487 e. The number of nitrogens with zero attached hydrogens (tertiary/aromatic N) is 2. The van der Waals surface area contributed by atoms with Crippen LogP contribution in [-0.2, 0) is 11.3 Å². The van der Waals surface area contributed by atoms with E-state index in [9.17, 15) is 4.79 Å². The highest BCUT2D eigenvalue weighted by Gasteiger charge is 2.14. The monoisotopic (exact) mass is 316 g/mol. The van der Waals surface area contributed by atoms with Crippen LogP contribution in [0.25, 0.3) is 5.65 Å². The van der Waals surface area contributed by atoms with Crippen molar-refractivity contribution in [3.63, 3.8) is 0 Å². The summed E-state index contributed by atoms with van der Waals surface area (Å²) in [6, 6.07) is 10.6. The number of fused-ring (bicyclic) bond motifs is 1. The number of benzene rings is 1. The topological polar surface area (TPSA) is 52.8 Å². The van der Waals surface area contributed by atoms with Crippen molar-refractivity contribution in [2.24, 2.45) is 0 Å². The molecule has 0 saturated heterocycles. The van der Waals surface area contributed by atoms with Crippen LogP contribution < -0.4 is 4.74 Å². The lowest BCUT2D eigenvalue weighted by Gasteiger charge is -2.07. The number of aromatic nitrogens is 2. The van der Waals surface area contributed by atoms with Crippen molar-refractivity contribution in [1.82, 2.24) is 9.38 Å². The third-order valence-electron chi connectivity index (χ3n) is 3.20. The van der Waals surface area contributed by atoms with Crippen LogP contribution in [0.1, 0.15) is 16.1 Å². The summed E-state index contributed by atoms with van der Waals surface area (Å²) in [5.41, 5.74) is 1.78. The first-order valence-electron chi connectivity index (χ1n) is 6.60. The molecule has 0 aliphatic heterocycles.